The molecule has 0 spiro atoms. The molecule has 2 rings (SSSR count). The molecule has 1 fully saturated rings. The van der Waals surface area contributed by atoms with Crippen LogP contribution in [0.3, 0.4) is 0 Å². The Balaban J connectivity index is 2.02. The summed E-state index contributed by atoms with van der Waals surface area (Å²) < 4.78 is 31.9. The molecule has 1 aromatic rings. The van der Waals surface area contributed by atoms with Gasteiger partial charge in [-0.2, -0.15) is 9.57 Å². The van der Waals surface area contributed by atoms with E-state index in [2.05, 4.69) is 0 Å². The second kappa shape index (κ2) is 8.81. The zero-order chi connectivity index (χ0) is 17.4. The van der Waals surface area contributed by atoms with Gasteiger partial charge >= 0.3 is 5.97 Å². The number of ether oxygens (including phenoxy) is 1. The molecule has 0 aliphatic carbocycles. The highest BCUT2D eigenvalue weighted by Crippen LogP contribution is 2.20. The van der Waals surface area contributed by atoms with Crippen molar-refractivity contribution in [3.8, 4) is 6.07 Å². The smallest absolute Gasteiger partial charge is 0.338 e. The maximum atomic E-state index is 12.6. The minimum Gasteiger partial charge on any atom is -0.462 e. The van der Waals surface area contributed by atoms with E-state index in [0.29, 0.717) is 31.5 Å². The Morgan fingerprint density at radius 1 is 1.12 bits per heavy atom. The van der Waals surface area contributed by atoms with Crippen LogP contribution in [0.15, 0.2) is 29.2 Å². The van der Waals surface area contributed by atoms with Crippen LogP contribution in [0.2, 0.25) is 0 Å². The summed E-state index contributed by atoms with van der Waals surface area (Å²) in [6.07, 6.45) is 4.70. The van der Waals surface area contributed by atoms with E-state index >= 15 is 0 Å². The fourth-order valence-corrected chi connectivity index (χ4v) is 4.11. The maximum absolute atomic E-state index is 12.6. The zero-order valence-electron chi connectivity index (χ0n) is 13.6. The van der Waals surface area contributed by atoms with Crippen molar-refractivity contribution in [3.63, 3.8) is 0 Å². The number of esters is 1. The van der Waals surface area contributed by atoms with Crippen LogP contribution in [-0.2, 0) is 14.8 Å². The van der Waals surface area contributed by atoms with E-state index in [1.165, 1.54) is 28.6 Å². The SMILES string of the molecule is N#CCCCOC(=O)c1ccc(S(=O)(=O)N2CCCCCC2)cc1. The number of nitrogens with zero attached hydrogens (tertiary/aromatic N) is 2. The van der Waals surface area contributed by atoms with Crippen LogP contribution < -0.4 is 0 Å². The molecule has 0 saturated carbocycles. The van der Waals surface area contributed by atoms with Gasteiger partial charge in [0.15, 0.2) is 0 Å². The van der Waals surface area contributed by atoms with Crippen LogP contribution in [0, 0.1) is 11.3 Å². The summed E-state index contributed by atoms with van der Waals surface area (Å²) in [5.74, 6) is -0.508. The van der Waals surface area contributed by atoms with Gasteiger partial charge in [-0.15, -0.1) is 0 Å². The lowest BCUT2D eigenvalue weighted by Gasteiger charge is -2.19. The second-order valence-electron chi connectivity index (χ2n) is 5.74. The lowest BCUT2D eigenvalue weighted by Crippen LogP contribution is -2.31. The van der Waals surface area contributed by atoms with Gasteiger partial charge in [0.25, 0.3) is 0 Å². The third-order valence-electron chi connectivity index (χ3n) is 3.96. The number of benzene rings is 1. The number of rotatable bonds is 6. The molecule has 6 nitrogen and oxygen atoms in total. The number of carbonyl (C=O) groups excluding carboxylic acids is 1. The Morgan fingerprint density at radius 3 is 2.33 bits per heavy atom. The highest BCUT2D eigenvalue weighted by molar-refractivity contribution is 7.89. The van der Waals surface area contributed by atoms with Crippen molar-refractivity contribution in [2.75, 3.05) is 19.7 Å². The van der Waals surface area contributed by atoms with E-state index in [9.17, 15) is 13.2 Å². The van der Waals surface area contributed by atoms with E-state index < -0.39 is 16.0 Å². The standard InChI is InChI=1S/C17H22N2O4S/c18-11-3-6-14-23-17(20)15-7-9-16(10-8-15)24(21,22)19-12-4-1-2-5-13-19/h7-10H,1-6,12-14H2. The molecule has 0 radical (unpaired) electrons. The fourth-order valence-electron chi connectivity index (χ4n) is 2.59. The molecular formula is C17H22N2O4S. The molecule has 1 saturated heterocycles. The number of nitriles is 1. The summed E-state index contributed by atoms with van der Waals surface area (Å²) in [5.41, 5.74) is 0.307. The molecule has 0 bridgehead atoms. The second-order valence-corrected chi connectivity index (χ2v) is 7.68. The molecule has 1 aliphatic rings. The molecule has 0 unspecified atom stereocenters. The number of unbranched alkanes of at least 4 members (excludes halogenated alkanes) is 1. The predicted octanol–water partition coefficient (Wildman–Crippen LogP) is 2.71. The highest BCUT2D eigenvalue weighted by atomic mass is 32.2. The monoisotopic (exact) mass is 350 g/mol. The largest absolute Gasteiger partial charge is 0.462 e. The molecule has 7 heteroatoms. The van der Waals surface area contributed by atoms with Gasteiger partial charge in [-0.05, 0) is 43.5 Å². The van der Waals surface area contributed by atoms with E-state index in [0.717, 1.165) is 25.7 Å². The van der Waals surface area contributed by atoms with Crippen molar-refractivity contribution in [2.24, 2.45) is 0 Å². The Morgan fingerprint density at radius 2 is 1.75 bits per heavy atom. The summed E-state index contributed by atoms with van der Waals surface area (Å²) in [4.78, 5) is 12.1. The van der Waals surface area contributed by atoms with Gasteiger partial charge in [-0.1, -0.05) is 12.8 Å². The van der Waals surface area contributed by atoms with Crippen molar-refractivity contribution in [2.45, 2.75) is 43.4 Å². The van der Waals surface area contributed by atoms with Crippen LogP contribution in [0.5, 0.6) is 0 Å². The number of hydrogen-bond donors (Lipinski definition) is 0. The van der Waals surface area contributed by atoms with Gasteiger partial charge in [-0.25, -0.2) is 13.2 Å². The number of carbonyl (C=O) groups is 1. The normalized spacial score (nSPS) is 16.1. The predicted molar refractivity (Wildman–Crippen MR) is 88.8 cm³/mol. The molecule has 24 heavy (non-hydrogen) atoms. The molecule has 0 aromatic heterocycles. The minimum atomic E-state index is -3.51. The molecule has 1 aromatic carbocycles. The van der Waals surface area contributed by atoms with Crippen molar-refractivity contribution < 1.29 is 17.9 Å². The van der Waals surface area contributed by atoms with Gasteiger partial charge in [0, 0.05) is 19.5 Å². The highest BCUT2D eigenvalue weighted by Gasteiger charge is 2.25. The molecular weight excluding hydrogens is 328 g/mol. The molecule has 1 aliphatic heterocycles. The van der Waals surface area contributed by atoms with Crippen molar-refractivity contribution in [1.29, 1.82) is 5.26 Å². The minimum absolute atomic E-state index is 0.181. The van der Waals surface area contributed by atoms with Crippen LogP contribution >= 0.6 is 0 Å². The first-order chi connectivity index (χ1) is 11.6. The lowest BCUT2D eigenvalue weighted by atomic mass is 10.2. The van der Waals surface area contributed by atoms with Crippen LogP contribution in [0.25, 0.3) is 0 Å². The van der Waals surface area contributed by atoms with Crippen LogP contribution in [0.1, 0.15) is 48.9 Å². The number of sulfonamides is 1. The van der Waals surface area contributed by atoms with Crippen LogP contribution in [-0.4, -0.2) is 38.4 Å². The van der Waals surface area contributed by atoms with Gasteiger partial charge in [0.2, 0.25) is 10.0 Å². The zero-order valence-corrected chi connectivity index (χ0v) is 14.4. The van der Waals surface area contributed by atoms with E-state index in [-0.39, 0.29) is 11.5 Å². The Bertz CT molecular complexity index is 684. The third-order valence-corrected chi connectivity index (χ3v) is 5.87. The molecule has 0 N–H and O–H groups in total. The Hall–Kier alpha value is -1.91. The van der Waals surface area contributed by atoms with Gasteiger partial charge in [0.1, 0.15) is 0 Å². The average molecular weight is 350 g/mol. The first-order valence-electron chi connectivity index (χ1n) is 8.20. The first kappa shape index (κ1) is 18.4. The summed E-state index contributed by atoms with van der Waals surface area (Å²) in [6, 6.07) is 7.82. The molecule has 0 amide bonds. The number of hydrogen-bond acceptors (Lipinski definition) is 5. The quantitative estimate of drug-likeness (QED) is 0.581. The lowest BCUT2D eigenvalue weighted by molar-refractivity contribution is 0.0501. The van der Waals surface area contributed by atoms with E-state index in [1.54, 1.807) is 0 Å². The average Bonchev–Trinajstić information content (AvgIpc) is 2.88. The Labute approximate surface area is 143 Å². The van der Waals surface area contributed by atoms with E-state index in [1.807, 2.05) is 6.07 Å². The summed E-state index contributed by atoms with van der Waals surface area (Å²) >= 11 is 0. The van der Waals surface area contributed by atoms with E-state index in [4.69, 9.17) is 10.00 Å². The Kier molecular flexibility index (Phi) is 6.76. The molecule has 0 atom stereocenters. The summed E-state index contributed by atoms with van der Waals surface area (Å²) in [7, 11) is -3.51. The molecule has 130 valence electrons. The first-order valence-corrected chi connectivity index (χ1v) is 9.64. The maximum Gasteiger partial charge on any atom is 0.338 e. The third kappa shape index (κ3) is 4.79. The summed E-state index contributed by atoms with van der Waals surface area (Å²) in [6.45, 7) is 1.27. The topological polar surface area (TPSA) is 87.5 Å². The van der Waals surface area contributed by atoms with Gasteiger partial charge in [-0.3, -0.25) is 0 Å². The van der Waals surface area contributed by atoms with Gasteiger partial charge in [0.05, 0.1) is 23.1 Å². The molecule has 1 heterocycles. The van der Waals surface area contributed by atoms with Crippen LogP contribution in [0.4, 0.5) is 0 Å². The fraction of sp³-hybridized carbons (Fsp3) is 0.529. The summed E-state index contributed by atoms with van der Waals surface area (Å²) in [5, 5.41) is 8.43. The van der Waals surface area contributed by atoms with Crippen molar-refractivity contribution in [1.82, 2.24) is 4.31 Å². The van der Waals surface area contributed by atoms with Crippen molar-refractivity contribution in [3.05, 3.63) is 29.8 Å². The van der Waals surface area contributed by atoms with Crippen molar-refractivity contribution >= 4 is 16.0 Å². The van der Waals surface area contributed by atoms with Gasteiger partial charge < -0.3 is 4.74 Å².